The van der Waals surface area contributed by atoms with Crippen LogP contribution in [0.4, 0.5) is 0 Å². The van der Waals surface area contributed by atoms with Crippen molar-refractivity contribution in [2.24, 2.45) is 39.9 Å². The van der Waals surface area contributed by atoms with E-state index in [1.165, 1.54) is 12.8 Å². The molecule has 6 heteroatoms. The highest BCUT2D eigenvalue weighted by atomic mass is 16.8. The summed E-state index contributed by atoms with van der Waals surface area (Å²) in [5, 5.41) is 21.6. The highest BCUT2D eigenvalue weighted by Gasteiger charge is 2.70. The van der Waals surface area contributed by atoms with Crippen LogP contribution >= 0.6 is 0 Å². The van der Waals surface area contributed by atoms with Crippen molar-refractivity contribution >= 4 is 5.97 Å². The Morgan fingerprint density at radius 1 is 1.03 bits per heavy atom. The monoisotopic (exact) mass is 434 g/mol. The molecule has 3 aliphatic heterocycles. The van der Waals surface area contributed by atoms with Gasteiger partial charge in [-0.05, 0) is 78.9 Å². The lowest BCUT2D eigenvalue weighted by Crippen LogP contribution is -2.61. The third-order valence-electron chi connectivity index (χ3n) is 11.2. The first-order valence-electron chi connectivity index (χ1n) is 12.5. The molecule has 31 heavy (non-hydrogen) atoms. The molecule has 2 bridgehead atoms. The van der Waals surface area contributed by atoms with E-state index in [-0.39, 0.29) is 41.2 Å². The van der Waals surface area contributed by atoms with Gasteiger partial charge in [0.05, 0.1) is 12.5 Å². The van der Waals surface area contributed by atoms with Gasteiger partial charge in [-0.1, -0.05) is 27.2 Å². The molecule has 1 spiro atoms. The van der Waals surface area contributed by atoms with Gasteiger partial charge in [-0.25, -0.2) is 0 Å². The number of rotatable bonds is 1. The third-order valence-corrected chi connectivity index (χ3v) is 11.2. The molecule has 0 radical (unpaired) electrons. The van der Waals surface area contributed by atoms with Crippen LogP contribution in [0.25, 0.3) is 0 Å². The molecule has 3 aliphatic carbocycles. The minimum atomic E-state index is -1.02. The van der Waals surface area contributed by atoms with Crippen molar-refractivity contribution in [2.45, 2.75) is 103 Å². The zero-order valence-corrected chi connectivity index (χ0v) is 19.1. The number of aliphatic hydroxyl groups excluding tert-OH is 2. The molecule has 0 amide bonds. The molecule has 2 N–H and O–H groups in total. The number of ether oxygens (including phenoxy) is 3. The van der Waals surface area contributed by atoms with Crippen LogP contribution in [0, 0.1) is 39.9 Å². The summed E-state index contributed by atoms with van der Waals surface area (Å²) >= 11 is 0. The molecule has 174 valence electrons. The number of fused-ring (bicyclic) bond motifs is 7. The van der Waals surface area contributed by atoms with E-state index in [4.69, 9.17) is 14.2 Å². The van der Waals surface area contributed by atoms with Crippen LogP contribution in [0.1, 0.15) is 78.6 Å². The van der Waals surface area contributed by atoms with Gasteiger partial charge in [0.2, 0.25) is 6.29 Å². The lowest BCUT2D eigenvalue weighted by atomic mass is 9.38. The fourth-order valence-electron chi connectivity index (χ4n) is 9.76. The van der Waals surface area contributed by atoms with E-state index in [1.54, 1.807) is 0 Å². The SMILES string of the molecule is C[C@]1(CO)CCC[C@]2(C)[C@H]3CC[C@@H]4[C@@H]5O[C@@H]6OC(=O)C[C@]6(O5)[C@H](O)C[C@H]4[C@]3(C)CC[C@@H]12. The Bertz CT molecular complexity index is 786. The van der Waals surface area contributed by atoms with E-state index in [1.807, 2.05) is 0 Å². The molecule has 6 rings (SSSR count). The number of carbonyl (C=O) groups excluding carboxylic acids is 1. The van der Waals surface area contributed by atoms with Gasteiger partial charge in [0.1, 0.15) is 0 Å². The van der Waals surface area contributed by atoms with Crippen molar-refractivity contribution < 1.29 is 29.2 Å². The van der Waals surface area contributed by atoms with Crippen LogP contribution in [-0.2, 0) is 19.0 Å². The predicted octanol–water partition coefficient (Wildman–Crippen LogP) is 3.38. The first kappa shape index (κ1) is 20.9. The topological polar surface area (TPSA) is 85.2 Å². The Hall–Kier alpha value is -0.690. The molecule has 0 aromatic carbocycles. The van der Waals surface area contributed by atoms with E-state index >= 15 is 0 Å². The number of hydrogen-bond acceptors (Lipinski definition) is 6. The van der Waals surface area contributed by atoms with Crippen molar-refractivity contribution in [3.63, 3.8) is 0 Å². The number of hydrogen-bond donors (Lipinski definition) is 2. The Kier molecular flexibility index (Phi) is 4.35. The number of carbonyl (C=O) groups is 1. The van der Waals surface area contributed by atoms with Crippen molar-refractivity contribution in [3.8, 4) is 0 Å². The molecular weight excluding hydrogens is 396 g/mol. The standard InChI is InChI=1S/C25H38O6/c1-22(13-26)8-4-9-24(3)16(22)7-10-23(2)15-11-18(27)25-12-19(28)29-21(25)30-20(31-25)14(15)5-6-17(23)24/h14-18,20-21,26-27H,4-13H2,1-3H3/t14-,15+,16-,17-,18+,20+,21-,22+,23-,24-,25-/m0/s1. The summed E-state index contributed by atoms with van der Waals surface area (Å²) in [4.78, 5) is 12.0. The molecular formula is C25H38O6. The summed E-state index contributed by atoms with van der Waals surface area (Å²) in [5.41, 5.74) is -0.672. The summed E-state index contributed by atoms with van der Waals surface area (Å²) in [5.74, 6) is 1.33. The summed E-state index contributed by atoms with van der Waals surface area (Å²) in [7, 11) is 0. The second-order valence-corrected chi connectivity index (χ2v) is 12.5. The summed E-state index contributed by atoms with van der Waals surface area (Å²) in [6.07, 6.45) is 6.82. The maximum Gasteiger partial charge on any atom is 0.311 e. The number of esters is 1. The van der Waals surface area contributed by atoms with Crippen LogP contribution in [0.5, 0.6) is 0 Å². The molecule has 3 saturated heterocycles. The maximum absolute atomic E-state index is 12.0. The zero-order valence-electron chi connectivity index (χ0n) is 19.1. The summed E-state index contributed by atoms with van der Waals surface area (Å²) in [6.45, 7) is 7.54. The van der Waals surface area contributed by atoms with Gasteiger partial charge in [-0.15, -0.1) is 0 Å². The Balaban J connectivity index is 1.36. The van der Waals surface area contributed by atoms with Crippen LogP contribution in [0.2, 0.25) is 0 Å². The van der Waals surface area contributed by atoms with Gasteiger partial charge in [0.25, 0.3) is 0 Å². The lowest BCUT2D eigenvalue weighted by Gasteiger charge is -2.67. The molecule has 6 nitrogen and oxygen atoms in total. The molecule has 0 aromatic rings. The third kappa shape index (κ3) is 2.51. The highest BCUT2D eigenvalue weighted by Crippen LogP contribution is 2.71. The van der Waals surface area contributed by atoms with Gasteiger partial charge in [0.15, 0.2) is 11.9 Å². The van der Waals surface area contributed by atoms with E-state index in [0.29, 0.717) is 24.2 Å². The van der Waals surface area contributed by atoms with E-state index in [0.717, 1.165) is 32.1 Å². The predicted molar refractivity (Wildman–Crippen MR) is 111 cm³/mol. The van der Waals surface area contributed by atoms with Gasteiger partial charge in [0, 0.05) is 12.5 Å². The van der Waals surface area contributed by atoms with E-state index < -0.39 is 24.3 Å². The van der Waals surface area contributed by atoms with Crippen molar-refractivity contribution in [1.82, 2.24) is 0 Å². The van der Waals surface area contributed by atoms with Gasteiger partial charge in [-0.2, -0.15) is 0 Å². The van der Waals surface area contributed by atoms with Crippen LogP contribution in [-0.4, -0.2) is 47.1 Å². The smallest absolute Gasteiger partial charge is 0.311 e. The molecule has 3 saturated carbocycles. The Labute approximate surface area is 185 Å². The summed E-state index contributed by atoms with van der Waals surface area (Å²) in [6, 6.07) is 0. The average Bonchev–Trinajstić information content (AvgIpc) is 3.17. The van der Waals surface area contributed by atoms with Crippen molar-refractivity contribution in [1.29, 1.82) is 0 Å². The van der Waals surface area contributed by atoms with Gasteiger partial charge >= 0.3 is 5.97 Å². The van der Waals surface area contributed by atoms with Gasteiger partial charge < -0.3 is 24.4 Å². The van der Waals surface area contributed by atoms with Crippen LogP contribution < -0.4 is 0 Å². The fourth-order valence-corrected chi connectivity index (χ4v) is 9.76. The Morgan fingerprint density at radius 3 is 2.61 bits per heavy atom. The molecule has 11 atom stereocenters. The minimum absolute atomic E-state index is 0.0210. The zero-order chi connectivity index (χ0) is 21.8. The maximum atomic E-state index is 12.0. The largest absolute Gasteiger partial charge is 0.432 e. The first-order chi connectivity index (χ1) is 14.7. The quantitative estimate of drug-likeness (QED) is 0.616. The van der Waals surface area contributed by atoms with E-state index in [9.17, 15) is 15.0 Å². The molecule has 6 fully saturated rings. The molecule has 0 unspecified atom stereocenters. The summed E-state index contributed by atoms with van der Waals surface area (Å²) < 4.78 is 17.9. The van der Waals surface area contributed by atoms with Crippen LogP contribution in [0.15, 0.2) is 0 Å². The average molecular weight is 435 g/mol. The van der Waals surface area contributed by atoms with Crippen molar-refractivity contribution in [2.75, 3.05) is 6.61 Å². The normalized spacial score (nSPS) is 60.3. The Morgan fingerprint density at radius 2 is 1.84 bits per heavy atom. The fraction of sp³-hybridized carbons (Fsp3) is 0.960. The highest BCUT2D eigenvalue weighted by molar-refractivity contribution is 5.74. The second kappa shape index (κ2) is 6.46. The second-order valence-electron chi connectivity index (χ2n) is 12.5. The van der Waals surface area contributed by atoms with E-state index in [2.05, 4.69) is 20.8 Å². The molecule has 6 aliphatic rings. The molecule has 3 heterocycles. The minimum Gasteiger partial charge on any atom is -0.432 e. The molecule has 0 aromatic heterocycles. The van der Waals surface area contributed by atoms with Gasteiger partial charge in [-0.3, -0.25) is 4.79 Å². The number of aliphatic hydroxyl groups is 2. The lowest BCUT2D eigenvalue weighted by molar-refractivity contribution is -0.225. The first-order valence-corrected chi connectivity index (χ1v) is 12.5. The van der Waals surface area contributed by atoms with Crippen molar-refractivity contribution in [3.05, 3.63) is 0 Å². The van der Waals surface area contributed by atoms with Crippen LogP contribution in [0.3, 0.4) is 0 Å².